The van der Waals surface area contributed by atoms with Crippen LogP contribution in [-0.2, 0) is 18.3 Å². The van der Waals surface area contributed by atoms with E-state index in [4.69, 9.17) is 0 Å². The number of aryl methyl sites for hydroxylation is 2. The van der Waals surface area contributed by atoms with Crippen molar-refractivity contribution in [3.05, 3.63) is 65.2 Å². The minimum atomic E-state index is 0.478. The summed E-state index contributed by atoms with van der Waals surface area (Å²) in [6.45, 7) is 2.35. The number of benzene rings is 2. The van der Waals surface area contributed by atoms with Crippen molar-refractivity contribution in [3.8, 4) is 0 Å². The Morgan fingerprint density at radius 3 is 1.86 bits per heavy atom. The summed E-state index contributed by atoms with van der Waals surface area (Å²) in [6.07, 6.45) is 13.5. The molecule has 3 fully saturated rings. The molecule has 0 unspecified atom stereocenters. The quantitative estimate of drug-likeness (QED) is 0.351. The smallest absolute Gasteiger partial charge is 0.0739 e. The van der Waals surface area contributed by atoms with Crippen LogP contribution in [0.5, 0.6) is 0 Å². The highest BCUT2D eigenvalue weighted by Crippen LogP contribution is 2.59. The van der Waals surface area contributed by atoms with Crippen molar-refractivity contribution in [1.29, 1.82) is 0 Å². The van der Waals surface area contributed by atoms with Crippen LogP contribution in [0.4, 0.5) is 5.69 Å². The van der Waals surface area contributed by atoms with Gasteiger partial charge in [-0.3, -0.25) is 0 Å². The third-order valence-corrected chi connectivity index (χ3v) is 7.65. The van der Waals surface area contributed by atoms with Gasteiger partial charge in [0.05, 0.1) is 10.8 Å². The summed E-state index contributed by atoms with van der Waals surface area (Å²) in [5, 5.41) is 2.42. The van der Waals surface area contributed by atoms with E-state index >= 15 is 0 Å². The van der Waals surface area contributed by atoms with Crippen molar-refractivity contribution < 1.29 is 0 Å². The molecule has 2 aromatic rings. The van der Waals surface area contributed by atoms with E-state index in [1.54, 1.807) is 5.56 Å². The fourth-order valence-corrected chi connectivity index (χ4v) is 5.81. The van der Waals surface area contributed by atoms with Gasteiger partial charge in [-0.15, -0.1) is 0 Å². The summed E-state index contributed by atoms with van der Waals surface area (Å²) in [5.41, 5.74) is 6.44. The summed E-state index contributed by atoms with van der Waals surface area (Å²) in [4.78, 5) is 4.02. The van der Waals surface area contributed by atoms with E-state index in [1.165, 1.54) is 62.5 Å². The van der Waals surface area contributed by atoms with E-state index in [2.05, 4.69) is 65.7 Å². The number of hydrogen-bond acceptors (Lipinski definition) is 2. The largest absolute Gasteiger partial charge is 0.195 e. The molecule has 3 aliphatic carbocycles. The summed E-state index contributed by atoms with van der Waals surface area (Å²) in [7, 11) is 0. The lowest BCUT2D eigenvalue weighted by Crippen LogP contribution is -2.44. The molecule has 0 N–H and O–H groups in total. The fourth-order valence-electron chi connectivity index (χ4n) is 5.71. The first kappa shape index (κ1) is 19.6. The molecule has 1 nitrogen and oxygen atoms in total. The Kier molecular flexibility index (Phi) is 5.80. The van der Waals surface area contributed by atoms with Crippen molar-refractivity contribution in [2.45, 2.75) is 76.5 Å². The third-order valence-electron chi connectivity index (χ3n) is 7.56. The number of aliphatic imine (C=N–C) groups is 1. The van der Waals surface area contributed by atoms with Crippen molar-refractivity contribution in [1.82, 2.24) is 0 Å². The summed E-state index contributed by atoms with van der Waals surface area (Å²) < 4.78 is 0. The topological polar surface area (TPSA) is 12.4 Å². The Hall–Kier alpha value is -1.76. The molecule has 146 valence electrons. The molecule has 3 saturated carbocycles. The van der Waals surface area contributed by atoms with Crippen LogP contribution in [0.1, 0.15) is 75.0 Å². The molecule has 28 heavy (non-hydrogen) atoms. The highest BCUT2D eigenvalue weighted by atomic mass is 32.1. The van der Waals surface area contributed by atoms with Gasteiger partial charge in [0.25, 0.3) is 0 Å². The molecular formula is C26H31NS. The van der Waals surface area contributed by atoms with Crippen molar-refractivity contribution >= 4 is 23.1 Å². The Morgan fingerprint density at radius 2 is 1.36 bits per heavy atom. The van der Waals surface area contributed by atoms with Gasteiger partial charge < -0.3 is 0 Å². The van der Waals surface area contributed by atoms with Gasteiger partial charge in [0.1, 0.15) is 0 Å². The molecule has 2 aromatic carbocycles. The van der Waals surface area contributed by atoms with Crippen LogP contribution in [-0.4, -0.2) is 5.16 Å². The molecule has 0 aromatic heterocycles. The van der Waals surface area contributed by atoms with Crippen LogP contribution in [0.2, 0.25) is 0 Å². The lowest BCUT2D eigenvalue weighted by Gasteiger charge is -2.54. The van der Waals surface area contributed by atoms with E-state index in [9.17, 15) is 0 Å². The standard InChI is InChI=1S/C26H31NS/c1-2-13-25-14-17-26(18-15-25,19-16-25)23-9-5-21(6-10-23)3-4-22-7-11-24(12-8-22)27-20-28/h5-12H,2-4,13-19H2,1H3. The summed E-state index contributed by atoms with van der Waals surface area (Å²) in [5.74, 6) is 0. The minimum absolute atomic E-state index is 0.478. The normalized spacial score (nSPS) is 26.0. The molecular weight excluding hydrogens is 358 g/mol. The molecule has 2 bridgehead atoms. The summed E-state index contributed by atoms with van der Waals surface area (Å²) in [6, 6.07) is 17.9. The molecule has 5 rings (SSSR count). The Labute approximate surface area is 175 Å². The maximum Gasteiger partial charge on any atom is 0.0739 e. The van der Waals surface area contributed by atoms with E-state index in [0.717, 1.165) is 18.5 Å². The molecule has 0 saturated heterocycles. The Balaban J connectivity index is 1.37. The SMILES string of the molecule is CCCC12CCC(c3ccc(CCc4ccc(N=C=S)cc4)cc3)(CC1)CC2. The van der Waals surface area contributed by atoms with Crippen LogP contribution in [0.3, 0.4) is 0 Å². The number of fused-ring (bicyclic) bond motifs is 3. The average Bonchev–Trinajstić information content (AvgIpc) is 2.75. The highest BCUT2D eigenvalue weighted by molar-refractivity contribution is 7.78. The van der Waals surface area contributed by atoms with Crippen molar-refractivity contribution in [3.63, 3.8) is 0 Å². The number of isothiocyanates is 1. The van der Waals surface area contributed by atoms with E-state index < -0.39 is 0 Å². The second-order valence-corrected chi connectivity index (χ2v) is 9.28. The monoisotopic (exact) mass is 389 g/mol. The second kappa shape index (κ2) is 8.31. The van der Waals surface area contributed by atoms with Gasteiger partial charge in [-0.2, -0.15) is 4.99 Å². The first-order valence-electron chi connectivity index (χ1n) is 10.9. The molecule has 0 aliphatic heterocycles. The van der Waals surface area contributed by atoms with E-state index in [-0.39, 0.29) is 0 Å². The zero-order valence-corrected chi connectivity index (χ0v) is 17.9. The first-order valence-corrected chi connectivity index (χ1v) is 11.3. The predicted octanol–water partition coefficient (Wildman–Crippen LogP) is 7.60. The van der Waals surface area contributed by atoms with Gasteiger partial charge in [0, 0.05) is 0 Å². The zero-order valence-electron chi connectivity index (χ0n) is 17.0. The Morgan fingerprint density at radius 1 is 0.821 bits per heavy atom. The lowest BCUT2D eigenvalue weighted by molar-refractivity contribution is 0.0320. The number of hydrogen-bond donors (Lipinski definition) is 0. The highest BCUT2D eigenvalue weighted by Gasteiger charge is 2.48. The van der Waals surface area contributed by atoms with Crippen LogP contribution in [0.25, 0.3) is 0 Å². The maximum atomic E-state index is 4.66. The fraction of sp³-hybridized carbons (Fsp3) is 0.500. The van der Waals surface area contributed by atoms with E-state index in [1.807, 2.05) is 12.1 Å². The van der Waals surface area contributed by atoms with Gasteiger partial charge in [-0.1, -0.05) is 49.7 Å². The lowest BCUT2D eigenvalue weighted by atomic mass is 9.51. The van der Waals surface area contributed by atoms with Crippen molar-refractivity contribution in [2.75, 3.05) is 0 Å². The van der Waals surface area contributed by atoms with Crippen LogP contribution >= 0.6 is 12.2 Å². The van der Waals surface area contributed by atoms with Gasteiger partial charge in [0.15, 0.2) is 0 Å². The summed E-state index contributed by atoms with van der Waals surface area (Å²) >= 11 is 4.66. The van der Waals surface area contributed by atoms with Crippen LogP contribution in [0.15, 0.2) is 53.5 Å². The molecule has 0 heterocycles. The van der Waals surface area contributed by atoms with Gasteiger partial charge in [-0.05, 0) is 110 Å². The van der Waals surface area contributed by atoms with Crippen molar-refractivity contribution in [2.24, 2.45) is 10.4 Å². The number of rotatable bonds is 7. The van der Waals surface area contributed by atoms with Gasteiger partial charge in [0.2, 0.25) is 0 Å². The molecule has 3 aliphatic rings. The molecule has 0 atom stereocenters. The number of thiocarbonyl (C=S) groups is 1. The molecule has 0 amide bonds. The predicted molar refractivity (Wildman–Crippen MR) is 122 cm³/mol. The maximum absolute atomic E-state index is 4.66. The van der Waals surface area contributed by atoms with Crippen LogP contribution in [0, 0.1) is 5.41 Å². The first-order chi connectivity index (χ1) is 13.7. The third kappa shape index (κ3) is 4.00. The zero-order chi connectivity index (χ0) is 19.5. The van der Waals surface area contributed by atoms with Gasteiger partial charge in [-0.25, -0.2) is 0 Å². The minimum Gasteiger partial charge on any atom is -0.195 e. The molecule has 0 spiro atoms. The molecule has 2 heteroatoms. The van der Waals surface area contributed by atoms with E-state index in [0.29, 0.717) is 10.8 Å². The number of nitrogens with zero attached hydrogens (tertiary/aromatic N) is 1. The van der Waals surface area contributed by atoms with Crippen LogP contribution < -0.4 is 0 Å². The average molecular weight is 390 g/mol. The Bertz CT molecular complexity index is 818. The van der Waals surface area contributed by atoms with Gasteiger partial charge >= 0.3 is 0 Å². The molecule has 0 radical (unpaired) electrons. The second-order valence-electron chi connectivity index (χ2n) is 9.10.